The van der Waals surface area contributed by atoms with Crippen molar-refractivity contribution in [3.63, 3.8) is 0 Å². The molecule has 21 heavy (non-hydrogen) atoms. The molecule has 1 aliphatic heterocycles. The van der Waals surface area contributed by atoms with Crippen molar-refractivity contribution in [3.8, 4) is 0 Å². The van der Waals surface area contributed by atoms with Crippen LogP contribution in [0.3, 0.4) is 0 Å². The Balaban J connectivity index is 1.98. The summed E-state index contributed by atoms with van der Waals surface area (Å²) < 4.78 is 0. The summed E-state index contributed by atoms with van der Waals surface area (Å²) in [5.41, 5.74) is 1.28. The third-order valence-corrected chi connectivity index (χ3v) is 5.03. The van der Waals surface area contributed by atoms with E-state index in [1.165, 1.54) is 10.5 Å². The van der Waals surface area contributed by atoms with Gasteiger partial charge in [0.2, 0.25) is 5.91 Å². The second kappa shape index (κ2) is 7.85. The molecule has 116 valence electrons. The van der Waals surface area contributed by atoms with Crippen LogP contribution in [0.5, 0.6) is 0 Å². The molecule has 2 unspecified atom stereocenters. The number of hydrogen-bond acceptors (Lipinski definition) is 3. The van der Waals surface area contributed by atoms with E-state index in [1.54, 1.807) is 11.8 Å². The Bertz CT molecular complexity index is 472. The molecule has 0 saturated carbocycles. The first-order valence-electron chi connectivity index (χ1n) is 7.90. The predicted octanol–water partition coefficient (Wildman–Crippen LogP) is 3.46. The maximum Gasteiger partial charge on any atom is 0.235 e. The van der Waals surface area contributed by atoms with Crippen LogP contribution in [0, 0.1) is 0 Å². The lowest BCUT2D eigenvalue weighted by atomic mass is 10.1. The van der Waals surface area contributed by atoms with Crippen molar-refractivity contribution in [2.45, 2.75) is 49.8 Å². The minimum atomic E-state index is -0.00668. The van der Waals surface area contributed by atoms with E-state index < -0.39 is 0 Å². The molecule has 0 bridgehead atoms. The average molecular weight is 306 g/mol. The number of amides is 1. The van der Waals surface area contributed by atoms with Gasteiger partial charge in [0.05, 0.1) is 5.25 Å². The van der Waals surface area contributed by atoms with Gasteiger partial charge in [-0.05, 0) is 50.9 Å². The van der Waals surface area contributed by atoms with Crippen molar-refractivity contribution < 1.29 is 4.79 Å². The first-order valence-corrected chi connectivity index (χ1v) is 8.78. The normalized spacial score (nSPS) is 17.8. The highest BCUT2D eigenvalue weighted by Gasteiger charge is 2.23. The number of rotatable bonds is 6. The molecule has 1 aliphatic rings. The van der Waals surface area contributed by atoms with E-state index in [-0.39, 0.29) is 11.2 Å². The highest BCUT2D eigenvalue weighted by molar-refractivity contribution is 8.00. The fourth-order valence-electron chi connectivity index (χ4n) is 2.73. The average Bonchev–Trinajstić information content (AvgIpc) is 3.01. The number of hydrogen-bond donors (Lipinski definition) is 1. The lowest BCUT2D eigenvalue weighted by Crippen LogP contribution is -2.34. The SMILES string of the molecule is CCNC(C)c1cccc(SC(C)C(=O)N2CCCC2)c1. The largest absolute Gasteiger partial charge is 0.342 e. The van der Waals surface area contributed by atoms with Gasteiger partial charge in [-0.1, -0.05) is 19.1 Å². The third kappa shape index (κ3) is 4.48. The van der Waals surface area contributed by atoms with Crippen LogP contribution < -0.4 is 5.32 Å². The Morgan fingerprint density at radius 2 is 2.05 bits per heavy atom. The van der Waals surface area contributed by atoms with Crippen LogP contribution in [0.25, 0.3) is 0 Å². The lowest BCUT2D eigenvalue weighted by molar-refractivity contribution is -0.129. The summed E-state index contributed by atoms with van der Waals surface area (Å²) >= 11 is 1.67. The van der Waals surface area contributed by atoms with E-state index in [9.17, 15) is 4.79 Å². The topological polar surface area (TPSA) is 32.3 Å². The van der Waals surface area contributed by atoms with Crippen molar-refractivity contribution in [1.82, 2.24) is 10.2 Å². The highest BCUT2D eigenvalue weighted by atomic mass is 32.2. The number of nitrogens with zero attached hydrogens (tertiary/aromatic N) is 1. The lowest BCUT2D eigenvalue weighted by Gasteiger charge is -2.20. The van der Waals surface area contributed by atoms with Gasteiger partial charge in [-0.3, -0.25) is 4.79 Å². The fraction of sp³-hybridized carbons (Fsp3) is 0.588. The monoisotopic (exact) mass is 306 g/mol. The van der Waals surface area contributed by atoms with E-state index in [1.807, 2.05) is 11.8 Å². The van der Waals surface area contributed by atoms with Crippen LogP contribution in [0.1, 0.15) is 45.2 Å². The second-order valence-electron chi connectivity index (χ2n) is 5.64. The second-order valence-corrected chi connectivity index (χ2v) is 7.06. The van der Waals surface area contributed by atoms with Crippen LogP contribution in [-0.2, 0) is 4.79 Å². The van der Waals surface area contributed by atoms with Gasteiger partial charge in [0.25, 0.3) is 0 Å². The maximum absolute atomic E-state index is 12.4. The van der Waals surface area contributed by atoms with Gasteiger partial charge < -0.3 is 10.2 Å². The summed E-state index contributed by atoms with van der Waals surface area (Å²) in [5, 5.41) is 3.42. The summed E-state index contributed by atoms with van der Waals surface area (Å²) in [5.74, 6) is 0.280. The molecule has 1 N–H and O–H groups in total. The molecule has 0 spiro atoms. The number of benzene rings is 1. The van der Waals surface area contributed by atoms with E-state index in [4.69, 9.17) is 0 Å². The number of thioether (sulfide) groups is 1. The molecule has 1 heterocycles. The molecular formula is C17H26N2OS. The van der Waals surface area contributed by atoms with Crippen molar-refractivity contribution in [2.24, 2.45) is 0 Å². The first-order chi connectivity index (χ1) is 10.1. The van der Waals surface area contributed by atoms with Crippen LogP contribution in [0.4, 0.5) is 0 Å². The highest BCUT2D eigenvalue weighted by Crippen LogP contribution is 2.27. The summed E-state index contributed by atoms with van der Waals surface area (Å²) in [4.78, 5) is 15.5. The Morgan fingerprint density at radius 3 is 2.71 bits per heavy atom. The molecular weight excluding hydrogens is 280 g/mol. The van der Waals surface area contributed by atoms with Crippen molar-refractivity contribution in [2.75, 3.05) is 19.6 Å². The molecule has 4 heteroatoms. The Kier molecular flexibility index (Phi) is 6.12. The van der Waals surface area contributed by atoms with Crippen LogP contribution in [0.15, 0.2) is 29.2 Å². The zero-order chi connectivity index (χ0) is 15.2. The van der Waals surface area contributed by atoms with E-state index in [0.717, 1.165) is 32.5 Å². The van der Waals surface area contributed by atoms with Gasteiger partial charge in [-0.25, -0.2) is 0 Å². The molecule has 1 saturated heterocycles. The van der Waals surface area contributed by atoms with Gasteiger partial charge in [0.1, 0.15) is 0 Å². The summed E-state index contributed by atoms with van der Waals surface area (Å²) in [7, 11) is 0. The summed E-state index contributed by atoms with van der Waals surface area (Å²) in [6, 6.07) is 8.87. The number of nitrogens with one attached hydrogen (secondary N) is 1. The molecule has 1 amide bonds. The Morgan fingerprint density at radius 1 is 1.33 bits per heavy atom. The fourth-order valence-corrected chi connectivity index (χ4v) is 3.75. The number of carbonyl (C=O) groups excluding carboxylic acids is 1. The van der Waals surface area contributed by atoms with Crippen LogP contribution in [0.2, 0.25) is 0 Å². The van der Waals surface area contributed by atoms with Gasteiger partial charge >= 0.3 is 0 Å². The van der Waals surface area contributed by atoms with Gasteiger partial charge in [0, 0.05) is 24.0 Å². The van der Waals surface area contributed by atoms with Gasteiger partial charge in [-0.2, -0.15) is 0 Å². The Hall–Kier alpha value is -1.00. The zero-order valence-corrected chi connectivity index (χ0v) is 14.1. The van der Waals surface area contributed by atoms with Crippen LogP contribution in [-0.4, -0.2) is 35.7 Å². The summed E-state index contributed by atoms with van der Waals surface area (Å²) in [6.45, 7) is 9.13. The predicted molar refractivity (Wildman–Crippen MR) is 89.7 cm³/mol. The van der Waals surface area contributed by atoms with Crippen molar-refractivity contribution in [3.05, 3.63) is 29.8 Å². The molecule has 1 aromatic rings. The molecule has 2 atom stereocenters. The molecule has 1 aromatic carbocycles. The molecule has 1 fully saturated rings. The third-order valence-electron chi connectivity index (χ3n) is 3.95. The van der Waals surface area contributed by atoms with Crippen molar-refractivity contribution >= 4 is 17.7 Å². The van der Waals surface area contributed by atoms with Gasteiger partial charge in [0.15, 0.2) is 0 Å². The quantitative estimate of drug-likeness (QED) is 0.817. The number of carbonyl (C=O) groups is 1. The maximum atomic E-state index is 12.4. The Labute approximate surface area is 132 Å². The smallest absolute Gasteiger partial charge is 0.235 e. The molecule has 0 aromatic heterocycles. The zero-order valence-electron chi connectivity index (χ0n) is 13.3. The van der Waals surface area contributed by atoms with E-state index >= 15 is 0 Å². The van der Waals surface area contributed by atoms with E-state index in [0.29, 0.717) is 6.04 Å². The van der Waals surface area contributed by atoms with Gasteiger partial charge in [-0.15, -0.1) is 11.8 Å². The standard InChI is InChI=1S/C17H26N2OS/c1-4-18-13(2)15-8-7-9-16(12-15)21-14(3)17(20)19-10-5-6-11-19/h7-9,12-14,18H,4-6,10-11H2,1-3H3. The van der Waals surface area contributed by atoms with E-state index in [2.05, 4.69) is 43.4 Å². The molecule has 2 rings (SSSR count). The number of likely N-dealkylation sites (tertiary alicyclic amines) is 1. The first kappa shape index (κ1) is 16.4. The van der Waals surface area contributed by atoms with Crippen LogP contribution >= 0.6 is 11.8 Å². The molecule has 0 radical (unpaired) electrons. The molecule has 3 nitrogen and oxygen atoms in total. The minimum absolute atomic E-state index is 0.00668. The molecule has 0 aliphatic carbocycles. The minimum Gasteiger partial charge on any atom is -0.342 e. The van der Waals surface area contributed by atoms with Crippen molar-refractivity contribution in [1.29, 1.82) is 0 Å². The summed E-state index contributed by atoms with van der Waals surface area (Å²) in [6.07, 6.45) is 2.30.